The van der Waals surface area contributed by atoms with Crippen LogP contribution in [0.4, 0.5) is 5.82 Å². The van der Waals surface area contributed by atoms with Crippen molar-refractivity contribution in [2.45, 2.75) is 44.7 Å². The summed E-state index contributed by atoms with van der Waals surface area (Å²) in [5.41, 5.74) is 2.26. The Morgan fingerprint density at radius 2 is 2.16 bits per heavy atom. The third-order valence-electron chi connectivity index (χ3n) is 4.66. The number of nitrogens with zero attached hydrogens (tertiary/aromatic N) is 4. The van der Waals surface area contributed by atoms with E-state index in [1.807, 2.05) is 11.7 Å². The van der Waals surface area contributed by atoms with E-state index < -0.39 is 0 Å². The van der Waals surface area contributed by atoms with Crippen molar-refractivity contribution in [3.8, 4) is 0 Å². The van der Waals surface area contributed by atoms with Crippen LogP contribution in [0.2, 0.25) is 0 Å². The summed E-state index contributed by atoms with van der Waals surface area (Å²) in [6.45, 7) is 7.92. The molecule has 0 bridgehead atoms. The monoisotopic (exact) mass is 282 g/mol. The van der Waals surface area contributed by atoms with Gasteiger partial charge in [-0.15, -0.1) is 11.6 Å². The predicted molar refractivity (Wildman–Crippen MR) is 78.9 cm³/mol. The van der Waals surface area contributed by atoms with Crippen molar-refractivity contribution in [1.29, 1.82) is 0 Å². The second-order valence-electron chi connectivity index (χ2n) is 5.94. The largest absolute Gasteiger partial charge is 0.351 e. The van der Waals surface area contributed by atoms with Gasteiger partial charge in [-0.2, -0.15) is 5.10 Å². The quantitative estimate of drug-likeness (QED) is 0.777. The maximum atomic E-state index is 6.14. The molecule has 4 nitrogen and oxygen atoms in total. The summed E-state index contributed by atoms with van der Waals surface area (Å²) in [5, 5.41) is 4.55. The van der Waals surface area contributed by atoms with Gasteiger partial charge in [-0.05, 0) is 33.2 Å². The minimum absolute atomic E-state index is 0.533. The van der Waals surface area contributed by atoms with Crippen molar-refractivity contribution < 1.29 is 0 Å². The van der Waals surface area contributed by atoms with Gasteiger partial charge in [0.25, 0.3) is 0 Å². The van der Waals surface area contributed by atoms with Gasteiger partial charge >= 0.3 is 0 Å². The number of rotatable bonds is 2. The first kappa shape index (κ1) is 13.3. The Balaban J connectivity index is 1.93. The van der Waals surface area contributed by atoms with Gasteiger partial charge in [-0.1, -0.05) is 0 Å². The highest BCUT2D eigenvalue weighted by molar-refractivity contribution is 6.17. The van der Waals surface area contributed by atoms with E-state index in [9.17, 15) is 0 Å². The Morgan fingerprint density at radius 3 is 2.89 bits per heavy atom. The molecule has 2 aliphatic heterocycles. The van der Waals surface area contributed by atoms with E-state index in [-0.39, 0.29) is 0 Å². The molecule has 2 fully saturated rings. The summed E-state index contributed by atoms with van der Waals surface area (Å²) in [6, 6.07) is 1.25. The van der Waals surface area contributed by atoms with E-state index in [2.05, 4.69) is 28.7 Å². The molecule has 106 valence electrons. The number of hydrogen-bond donors (Lipinski definition) is 0. The molecule has 1 aromatic heterocycles. The van der Waals surface area contributed by atoms with E-state index in [1.54, 1.807) is 0 Å². The lowest BCUT2D eigenvalue weighted by Crippen LogP contribution is -2.55. The fourth-order valence-corrected chi connectivity index (χ4v) is 4.00. The number of piperazine rings is 1. The average molecular weight is 283 g/mol. The normalized spacial score (nSPS) is 27.9. The van der Waals surface area contributed by atoms with Crippen LogP contribution in [0.3, 0.4) is 0 Å². The van der Waals surface area contributed by atoms with E-state index in [0.717, 1.165) is 24.8 Å². The molecule has 2 unspecified atom stereocenters. The molecule has 3 rings (SSSR count). The van der Waals surface area contributed by atoms with Crippen molar-refractivity contribution in [1.82, 2.24) is 14.7 Å². The number of anilines is 1. The standard InChI is InChI=1S/C14H23ClN4/c1-10-8-18-6-4-5-12(18)9-19(10)14-13(7-15)11(2)16-17(14)3/h10,12H,4-9H2,1-3H3. The van der Waals surface area contributed by atoms with Gasteiger partial charge in [-0.3, -0.25) is 9.58 Å². The summed E-state index contributed by atoms with van der Waals surface area (Å²) in [6.07, 6.45) is 2.67. The first-order chi connectivity index (χ1) is 9.11. The topological polar surface area (TPSA) is 24.3 Å². The fraction of sp³-hybridized carbons (Fsp3) is 0.786. The third kappa shape index (κ3) is 2.15. The molecule has 2 atom stereocenters. The molecule has 0 N–H and O–H groups in total. The number of alkyl halides is 1. The zero-order valence-electron chi connectivity index (χ0n) is 12.1. The van der Waals surface area contributed by atoms with Gasteiger partial charge in [-0.25, -0.2) is 0 Å². The second-order valence-corrected chi connectivity index (χ2v) is 6.20. The fourth-order valence-electron chi connectivity index (χ4n) is 3.69. The predicted octanol–water partition coefficient (Wildman–Crippen LogP) is 2.14. The molecule has 0 spiro atoms. The summed E-state index contributed by atoms with van der Waals surface area (Å²) < 4.78 is 2.01. The molecule has 0 amide bonds. The molecule has 19 heavy (non-hydrogen) atoms. The van der Waals surface area contributed by atoms with Crippen molar-refractivity contribution in [3.63, 3.8) is 0 Å². The van der Waals surface area contributed by atoms with Gasteiger partial charge in [0.15, 0.2) is 0 Å². The lowest BCUT2D eigenvalue weighted by atomic mass is 10.1. The Kier molecular flexibility index (Phi) is 3.48. The smallest absolute Gasteiger partial charge is 0.131 e. The maximum Gasteiger partial charge on any atom is 0.131 e. The van der Waals surface area contributed by atoms with Crippen LogP contribution in [0.15, 0.2) is 0 Å². The van der Waals surface area contributed by atoms with E-state index in [1.165, 1.54) is 30.8 Å². The number of aromatic nitrogens is 2. The van der Waals surface area contributed by atoms with Crippen LogP contribution in [0.1, 0.15) is 31.0 Å². The maximum absolute atomic E-state index is 6.14. The molecule has 0 aliphatic carbocycles. The first-order valence-electron chi connectivity index (χ1n) is 7.21. The summed E-state index contributed by atoms with van der Waals surface area (Å²) in [5.74, 6) is 1.78. The molecular weight excluding hydrogens is 260 g/mol. The Hall–Kier alpha value is -0.740. The summed E-state index contributed by atoms with van der Waals surface area (Å²) >= 11 is 6.14. The van der Waals surface area contributed by atoms with Crippen LogP contribution in [0, 0.1) is 6.92 Å². The molecule has 0 radical (unpaired) electrons. The molecule has 1 aromatic rings. The van der Waals surface area contributed by atoms with Gasteiger partial charge in [0.05, 0.1) is 11.6 Å². The highest BCUT2D eigenvalue weighted by Gasteiger charge is 2.36. The van der Waals surface area contributed by atoms with Gasteiger partial charge < -0.3 is 4.90 Å². The lowest BCUT2D eigenvalue weighted by molar-refractivity contribution is 0.201. The molecule has 2 aliphatic rings. The summed E-state index contributed by atoms with van der Waals surface area (Å²) in [7, 11) is 2.03. The first-order valence-corrected chi connectivity index (χ1v) is 7.74. The Bertz CT molecular complexity index is 470. The molecule has 0 saturated carbocycles. The van der Waals surface area contributed by atoms with Gasteiger partial charge in [0.2, 0.25) is 0 Å². The van der Waals surface area contributed by atoms with Gasteiger partial charge in [0, 0.05) is 37.8 Å². The van der Waals surface area contributed by atoms with Crippen LogP contribution < -0.4 is 4.90 Å². The minimum atomic E-state index is 0.533. The minimum Gasteiger partial charge on any atom is -0.351 e. The Labute approximate surface area is 120 Å². The summed E-state index contributed by atoms with van der Waals surface area (Å²) in [4.78, 5) is 5.16. The molecule has 2 saturated heterocycles. The zero-order chi connectivity index (χ0) is 13.6. The van der Waals surface area contributed by atoms with Crippen molar-refractivity contribution in [3.05, 3.63) is 11.3 Å². The lowest BCUT2D eigenvalue weighted by Gasteiger charge is -2.43. The highest BCUT2D eigenvalue weighted by Crippen LogP contribution is 2.32. The SMILES string of the molecule is Cc1nn(C)c(N2CC3CCCN3CC2C)c1CCl. The van der Waals surface area contributed by atoms with Crippen LogP contribution in [-0.2, 0) is 12.9 Å². The van der Waals surface area contributed by atoms with Crippen LogP contribution in [-0.4, -0.2) is 46.4 Å². The number of halogens is 1. The Morgan fingerprint density at radius 1 is 1.37 bits per heavy atom. The van der Waals surface area contributed by atoms with Crippen molar-refractivity contribution in [2.75, 3.05) is 24.5 Å². The number of hydrogen-bond acceptors (Lipinski definition) is 3. The van der Waals surface area contributed by atoms with Crippen LogP contribution in [0.25, 0.3) is 0 Å². The van der Waals surface area contributed by atoms with Crippen molar-refractivity contribution >= 4 is 17.4 Å². The van der Waals surface area contributed by atoms with E-state index in [4.69, 9.17) is 11.6 Å². The third-order valence-corrected chi connectivity index (χ3v) is 4.92. The molecule has 5 heteroatoms. The van der Waals surface area contributed by atoms with E-state index >= 15 is 0 Å². The second kappa shape index (κ2) is 4.98. The zero-order valence-corrected chi connectivity index (χ0v) is 12.8. The molecule has 0 aromatic carbocycles. The van der Waals surface area contributed by atoms with Crippen LogP contribution in [0.5, 0.6) is 0 Å². The molecule has 3 heterocycles. The van der Waals surface area contributed by atoms with E-state index in [0.29, 0.717) is 11.9 Å². The van der Waals surface area contributed by atoms with Crippen LogP contribution >= 0.6 is 11.6 Å². The molecular formula is C14H23ClN4. The number of fused-ring (bicyclic) bond motifs is 1. The van der Waals surface area contributed by atoms with Gasteiger partial charge in [0.1, 0.15) is 5.82 Å². The van der Waals surface area contributed by atoms with Crippen molar-refractivity contribution in [2.24, 2.45) is 7.05 Å². The average Bonchev–Trinajstić information content (AvgIpc) is 2.91. The highest BCUT2D eigenvalue weighted by atomic mass is 35.5. The number of aryl methyl sites for hydroxylation is 2.